The Labute approximate surface area is 160 Å². The van der Waals surface area contributed by atoms with Crippen molar-refractivity contribution in [1.82, 2.24) is 15.1 Å². The van der Waals surface area contributed by atoms with Gasteiger partial charge in [-0.1, -0.05) is 30.3 Å². The minimum atomic E-state index is -2.25. The Morgan fingerprint density at radius 1 is 1.11 bits per heavy atom. The van der Waals surface area contributed by atoms with Crippen molar-refractivity contribution in [3.8, 4) is 0 Å². The third-order valence-electron chi connectivity index (χ3n) is 5.85. The van der Waals surface area contributed by atoms with Gasteiger partial charge in [-0.3, -0.25) is 14.6 Å². The molecule has 27 heavy (non-hydrogen) atoms. The van der Waals surface area contributed by atoms with E-state index in [-0.39, 0.29) is 18.4 Å². The van der Waals surface area contributed by atoms with E-state index >= 15 is 0 Å². The Hall–Kier alpha value is -1.53. The molecule has 0 saturated carbocycles. The van der Waals surface area contributed by atoms with Crippen LogP contribution < -0.4 is 5.32 Å². The van der Waals surface area contributed by atoms with Gasteiger partial charge in [0.05, 0.1) is 12.5 Å². The first-order valence-electron chi connectivity index (χ1n) is 10.2. The number of nitrogens with one attached hydrogen (secondary N) is 1. The Bertz CT molecular complexity index is 576. The number of carbonyl (C=O) groups excluding carboxylic acids is 1. The highest BCUT2D eigenvalue weighted by molar-refractivity contribution is 5.79. The zero-order valence-electron chi connectivity index (χ0n) is 16.0. The molecule has 2 aliphatic rings. The van der Waals surface area contributed by atoms with E-state index in [4.69, 9.17) is 0 Å². The minimum Gasteiger partial charge on any atom is -0.355 e. The summed E-state index contributed by atoms with van der Waals surface area (Å²) in [4.78, 5) is 16.8. The van der Waals surface area contributed by atoms with Gasteiger partial charge in [0.25, 0.3) is 6.43 Å². The lowest BCUT2D eigenvalue weighted by Gasteiger charge is -2.42. The smallest absolute Gasteiger partial charge is 0.251 e. The monoisotopic (exact) mass is 379 g/mol. The van der Waals surface area contributed by atoms with Crippen LogP contribution in [0.2, 0.25) is 0 Å². The predicted octanol–water partition coefficient (Wildman–Crippen LogP) is 2.79. The second-order valence-corrected chi connectivity index (χ2v) is 7.78. The number of benzene rings is 1. The molecule has 0 aromatic heterocycles. The molecule has 2 heterocycles. The van der Waals surface area contributed by atoms with Gasteiger partial charge in [-0.05, 0) is 57.3 Å². The lowest BCUT2D eigenvalue weighted by Crippen LogP contribution is -2.51. The molecule has 2 fully saturated rings. The van der Waals surface area contributed by atoms with E-state index in [1.54, 1.807) is 0 Å². The molecule has 2 saturated heterocycles. The third kappa shape index (κ3) is 6.25. The lowest BCUT2D eigenvalue weighted by molar-refractivity contribution is -0.127. The number of halogens is 2. The van der Waals surface area contributed by atoms with Crippen molar-refractivity contribution < 1.29 is 13.6 Å². The maximum Gasteiger partial charge on any atom is 0.251 e. The van der Waals surface area contributed by atoms with E-state index in [9.17, 15) is 13.6 Å². The molecule has 0 spiro atoms. The molecule has 0 radical (unpaired) electrons. The van der Waals surface area contributed by atoms with Crippen LogP contribution in [-0.4, -0.2) is 67.4 Å². The lowest BCUT2D eigenvalue weighted by atomic mass is 9.93. The standard InChI is InChI=1S/C21H31F2N3O/c22-20(23)16-25-13-9-19(10-14-25)26-12-4-7-18(15-26)21(27)24-11-8-17-5-2-1-3-6-17/h1-3,5-6,18-20H,4,7-16H2,(H,24,27)/t18-/m0/s1. The second-order valence-electron chi connectivity index (χ2n) is 7.78. The number of alkyl halides is 2. The fraction of sp³-hybridized carbons (Fsp3) is 0.667. The molecule has 0 aliphatic carbocycles. The quantitative estimate of drug-likeness (QED) is 0.791. The van der Waals surface area contributed by atoms with Gasteiger partial charge in [0.15, 0.2) is 0 Å². The minimum absolute atomic E-state index is 0.0496. The molecule has 1 amide bonds. The normalized spacial score (nSPS) is 22.9. The zero-order chi connectivity index (χ0) is 19.1. The van der Waals surface area contributed by atoms with Crippen LogP contribution >= 0.6 is 0 Å². The van der Waals surface area contributed by atoms with Crippen molar-refractivity contribution in [2.75, 3.05) is 39.3 Å². The largest absolute Gasteiger partial charge is 0.355 e. The summed E-state index contributed by atoms with van der Waals surface area (Å²) < 4.78 is 25.0. The van der Waals surface area contributed by atoms with E-state index in [0.29, 0.717) is 12.6 Å². The van der Waals surface area contributed by atoms with Crippen LogP contribution in [0, 0.1) is 5.92 Å². The highest BCUT2D eigenvalue weighted by atomic mass is 19.3. The van der Waals surface area contributed by atoms with Crippen LogP contribution in [0.1, 0.15) is 31.2 Å². The van der Waals surface area contributed by atoms with E-state index in [1.165, 1.54) is 5.56 Å². The summed E-state index contributed by atoms with van der Waals surface area (Å²) in [6, 6.07) is 10.6. The average Bonchev–Trinajstić information content (AvgIpc) is 2.69. The number of hydrogen-bond acceptors (Lipinski definition) is 3. The molecule has 1 atom stereocenters. The van der Waals surface area contributed by atoms with Gasteiger partial charge < -0.3 is 5.32 Å². The molecule has 0 unspecified atom stereocenters. The van der Waals surface area contributed by atoms with Crippen LogP contribution in [0.3, 0.4) is 0 Å². The van der Waals surface area contributed by atoms with Gasteiger partial charge >= 0.3 is 0 Å². The summed E-state index contributed by atoms with van der Waals surface area (Å²) in [5, 5.41) is 3.10. The van der Waals surface area contributed by atoms with Crippen LogP contribution in [0.4, 0.5) is 8.78 Å². The molecule has 1 aromatic carbocycles. The van der Waals surface area contributed by atoms with Crippen molar-refractivity contribution in [3.63, 3.8) is 0 Å². The highest BCUT2D eigenvalue weighted by Crippen LogP contribution is 2.24. The number of piperidine rings is 2. The summed E-state index contributed by atoms with van der Waals surface area (Å²) >= 11 is 0. The van der Waals surface area contributed by atoms with E-state index in [0.717, 1.165) is 58.3 Å². The molecular weight excluding hydrogens is 348 g/mol. The maximum absolute atomic E-state index is 12.6. The number of nitrogens with zero attached hydrogens (tertiary/aromatic N) is 2. The topological polar surface area (TPSA) is 35.6 Å². The van der Waals surface area contributed by atoms with E-state index in [2.05, 4.69) is 22.3 Å². The van der Waals surface area contributed by atoms with Gasteiger partial charge in [0, 0.05) is 19.1 Å². The molecule has 2 aliphatic heterocycles. The highest BCUT2D eigenvalue weighted by Gasteiger charge is 2.31. The maximum atomic E-state index is 12.6. The number of rotatable bonds is 7. The Morgan fingerprint density at radius 2 is 1.85 bits per heavy atom. The first-order valence-corrected chi connectivity index (χ1v) is 10.2. The molecule has 3 rings (SSSR count). The SMILES string of the molecule is O=C(NCCc1ccccc1)[C@H]1CCCN(C2CCN(CC(F)F)CC2)C1. The molecule has 0 bridgehead atoms. The Balaban J connectivity index is 1.40. The number of likely N-dealkylation sites (tertiary alicyclic amines) is 2. The van der Waals surface area contributed by atoms with Crippen molar-refractivity contribution in [3.05, 3.63) is 35.9 Å². The molecule has 6 heteroatoms. The summed E-state index contributed by atoms with van der Waals surface area (Å²) in [6.07, 6.45) is 2.43. The van der Waals surface area contributed by atoms with Gasteiger partial charge in [-0.15, -0.1) is 0 Å². The van der Waals surface area contributed by atoms with Gasteiger partial charge in [-0.25, -0.2) is 8.78 Å². The van der Waals surface area contributed by atoms with Crippen LogP contribution in [-0.2, 0) is 11.2 Å². The Morgan fingerprint density at radius 3 is 2.56 bits per heavy atom. The third-order valence-corrected chi connectivity index (χ3v) is 5.85. The fourth-order valence-corrected chi connectivity index (χ4v) is 4.33. The van der Waals surface area contributed by atoms with Crippen LogP contribution in [0.15, 0.2) is 30.3 Å². The van der Waals surface area contributed by atoms with Gasteiger partial charge in [-0.2, -0.15) is 0 Å². The summed E-state index contributed by atoms with van der Waals surface area (Å²) in [5.41, 5.74) is 1.23. The predicted molar refractivity (Wildman–Crippen MR) is 103 cm³/mol. The average molecular weight is 379 g/mol. The molecular formula is C21H31F2N3O. The zero-order valence-corrected chi connectivity index (χ0v) is 16.0. The number of carbonyl (C=O) groups is 1. The molecule has 4 nitrogen and oxygen atoms in total. The van der Waals surface area contributed by atoms with Crippen molar-refractivity contribution >= 4 is 5.91 Å². The number of amides is 1. The molecule has 1 N–H and O–H groups in total. The second kappa shape index (κ2) is 10.1. The Kier molecular flexibility index (Phi) is 7.59. The molecule has 1 aromatic rings. The van der Waals surface area contributed by atoms with E-state index < -0.39 is 6.43 Å². The van der Waals surface area contributed by atoms with Gasteiger partial charge in [0.2, 0.25) is 5.91 Å². The van der Waals surface area contributed by atoms with Crippen molar-refractivity contribution in [2.24, 2.45) is 5.92 Å². The number of hydrogen-bond donors (Lipinski definition) is 1. The van der Waals surface area contributed by atoms with Gasteiger partial charge in [0.1, 0.15) is 0 Å². The summed E-state index contributed by atoms with van der Waals surface area (Å²) in [5.74, 6) is 0.208. The summed E-state index contributed by atoms with van der Waals surface area (Å²) in [6.45, 7) is 3.85. The first-order chi connectivity index (χ1) is 13.1. The van der Waals surface area contributed by atoms with Crippen molar-refractivity contribution in [1.29, 1.82) is 0 Å². The van der Waals surface area contributed by atoms with Crippen molar-refractivity contribution in [2.45, 2.75) is 44.6 Å². The first kappa shape index (κ1) is 20.2. The summed E-state index contributed by atoms with van der Waals surface area (Å²) in [7, 11) is 0. The molecule has 150 valence electrons. The van der Waals surface area contributed by atoms with E-state index in [1.807, 2.05) is 23.1 Å². The fourth-order valence-electron chi connectivity index (χ4n) is 4.33. The van der Waals surface area contributed by atoms with Crippen LogP contribution in [0.25, 0.3) is 0 Å². The van der Waals surface area contributed by atoms with Crippen LogP contribution in [0.5, 0.6) is 0 Å².